The molecule has 0 aromatic heterocycles. The highest BCUT2D eigenvalue weighted by Crippen LogP contribution is 2.22. The maximum atomic E-state index is 8.88. The fourth-order valence-corrected chi connectivity index (χ4v) is 2.35. The molecule has 0 aliphatic carbocycles. The van der Waals surface area contributed by atoms with Gasteiger partial charge in [-0.25, -0.2) is 0 Å². The van der Waals surface area contributed by atoms with Crippen molar-refractivity contribution in [1.82, 2.24) is 0 Å². The van der Waals surface area contributed by atoms with Crippen LogP contribution < -0.4 is 5.32 Å². The zero-order valence-corrected chi connectivity index (χ0v) is 12.3. The van der Waals surface area contributed by atoms with E-state index in [1.54, 1.807) is 0 Å². The third-order valence-corrected chi connectivity index (χ3v) is 3.73. The van der Waals surface area contributed by atoms with Crippen molar-refractivity contribution in [2.75, 3.05) is 11.9 Å². The van der Waals surface area contributed by atoms with E-state index in [1.807, 2.05) is 24.3 Å². The van der Waals surface area contributed by atoms with Crippen molar-refractivity contribution >= 4 is 21.6 Å². The maximum absolute atomic E-state index is 8.88. The van der Waals surface area contributed by atoms with Crippen LogP contribution in [0.5, 0.6) is 0 Å². The highest BCUT2D eigenvalue weighted by molar-refractivity contribution is 9.10. The number of nitrogens with one attached hydrogen (secondary N) is 1. The first-order valence-electron chi connectivity index (χ1n) is 6.19. The minimum absolute atomic E-state index is 0.440. The molecule has 0 fully saturated rings. The fraction of sp³-hybridized carbons (Fsp3) is 0.188. The second-order valence-electron chi connectivity index (χ2n) is 4.50. The Balaban J connectivity index is 2.00. The molecule has 1 atom stereocenters. The van der Waals surface area contributed by atoms with Gasteiger partial charge in [0.25, 0.3) is 0 Å². The molecule has 2 nitrogen and oxygen atoms in total. The zero-order valence-electron chi connectivity index (χ0n) is 10.7. The van der Waals surface area contributed by atoms with Gasteiger partial charge in [-0.1, -0.05) is 37.3 Å². The van der Waals surface area contributed by atoms with Crippen LogP contribution in [-0.4, -0.2) is 6.54 Å². The molecule has 19 heavy (non-hydrogen) atoms. The lowest BCUT2D eigenvalue weighted by molar-refractivity contribution is 0.805. The summed E-state index contributed by atoms with van der Waals surface area (Å²) in [5.74, 6) is 0.440. The predicted molar refractivity (Wildman–Crippen MR) is 82.2 cm³/mol. The van der Waals surface area contributed by atoms with E-state index in [0.717, 1.165) is 16.7 Å². The molecule has 2 aromatic rings. The molecule has 1 unspecified atom stereocenters. The van der Waals surface area contributed by atoms with Gasteiger partial charge in [-0.3, -0.25) is 0 Å². The van der Waals surface area contributed by atoms with Gasteiger partial charge in [0, 0.05) is 16.7 Å². The summed E-state index contributed by atoms with van der Waals surface area (Å²) in [5, 5.41) is 12.3. The van der Waals surface area contributed by atoms with Crippen molar-refractivity contribution in [2.24, 2.45) is 0 Å². The lowest BCUT2D eigenvalue weighted by atomic mass is 10.0. The van der Waals surface area contributed by atoms with E-state index in [4.69, 9.17) is 5.26 Å². The van der Waals surface area contributed by atoms with Crippen LogP contribution in [0.2, 0.25) is 0 Å². The Morgan fingerprint density at radius 3 is 2.58 bits per heavy atom. The van der Waals surface area contributed by atoms with Crippen LogP contribution >= 0.6 is 15.9 Å². The summed E-state index contributed by atoms with van der Waals surface area (Å²) < 4.78 is 0.826. The SMILES string of the molecule is CC(CNc1ccc(C#N)c(Br)c1)c1ccccc1. The largest absolute Gasteiger partial charge is 0.384 e. The highest BCUT2D eigenvalue weighted by Gasteiger charge is 2.05. The Bertz CT molecular complexity index is 587. The van der Waals surface area contributed by atoms with Crippen LogP contribution in [0.1, 0.15) is 24.0 Å². The number of rotatable bonds is 4. The average molecular weight is 315 g/mol. The minimum Gasteiger partial charge on any atom is -0.384 e. The quantitative estimate of drug-likeness (QED) is 0.899. The zero-order chi connectivity index (χ0) is 13.7. The lowest BCUT2D eigenvalue weighted by Crippen LogP contribution is -2.09. The molecule has 2 rings (SSSR count). The fourth-order valence-electron chi connectivity index (χ4n) is 1.89. The molecule has 0 saturated carbocycles. The monoisotopic (exact) mass is 314 g/mol. The third-order valence-electron chi connectivity index (χ3n) is 3.07. The first kappa shape index (κ1) is 13.6. The summed E-state index contributed by atoms with van der Waals surface area (Å²) in [4.78, 5) is 0. The second-order valence-corrected chi connectivity index (χ2v) is 5.35. The summed E-state index contributed by atoms with van der Waals surface area (Å²) in [6.07, 6.45) is 0. The first-order chi connectivity index (χ1) is 9.20. The Morgan fingerprint density at radius 1 is 1.21 bits per heavy atom. The molecule has 3 heteroatoms. The van der Waals surface area contributed by atoms with E-state index in [1.165, 1.54) is 5.56 Å². The van der Waals surface area contributed by atoms with Gasteiger partial charge >= 0.3 is 0 Å². The topological polar surface area (TPSA) is 35.8 Å². The van der Waals surface area contributed by atoms with Crippen molar-refractivity contribution in [3.05, 3.63) is 64.1 Å². The van der Waals surface area contributed by atoms with Crippen molar-refractivity contribution in [2.45, 2.75) is 12.8 Å². The van der Waals surface area contributed by atoms with Gasteiger partial charge in [-0.2, -0.15) is 5.26 Å². The Morgan fingerprint density at radius 2 is 1.95 bits per heavy atom. The maximum Gasteiger partial charge on any atom is 0.100 e. The van der Waals surface area contributed by atoms with Crippen molar-refractivity contribution in [3.63, 3.8) is 0 Å². The summed E-state index contributed by atoms with van der Waals surface area (Å²) >= 11 is 3.40. The number of halogens is 1. The van der Waals surface area contributed by atoms with Gasteiger partial charge in [-0.15, -0.1) is 0 Å². The van der Waals surface area contributed by atoms with Crippen LogP contribution in [0, 0.1) is 11.3 Å². The van der Waals surface area contributed by atoms with Gasteiger partial charge in [0.2, 0.25) is 0 Å². The van der Waals surface area contributed by atoms with E-state index >= 15 is 0 Å². The average Bonchev–Trinajstić information content (AvgIpc) is 2.46. The van der Waals surface area contributed by atoms with Crippen LogP contribution in [0.3, 0.4) is 0 Å². The summed E-state index contributed by atoms with van der Waals surface area (Å²) in [7, 11) is 0. The van der Waals surface area contributed by atoms with Gasteiger partial charge in [-0.05, 0) is 45.6 Å². The molecule has 96 valence electrons. The van der Waals surface area contributed by atoms with E-state index in [0.29, 0.717) is 11.5 Å². The van der Waals surface area contributed by atoms with Crippen LogP contribution in [0.15, 0.2) is 53.0 Å². The summed E-state index contributed by atoms with van der Waals surface area (Å²) in [6, 6.07) is 18.3. The van der Waals surface area contributed by atoms with Crippen molar-refractivity contribution in [3.8, 4) is 6.07 Å². The van der Waals surface area contributed by atoms with Gasteiger partial charge in [0.1, 0.15) is 6.07 Å². The van der Waals surface area contributed by atoms with E-state index in [9.17, 15) is 0 Å². The normalized spacial score (nSPS) is 11.6. The smallest absolute Gasteiger partial charge is 0.100 e. The number of hydrogen-bond donors (Lipinski definition) is 1. The molecular weight excluding hydrogens is 300 g/mol. The van der Waals surface area contributed by atoms with Crippen LogP contribution in [0.4, 0.5) is 5.69 Å². The molecular formula is C16H15BrN2. The number of benzene rings is 2. The Kier molecular flexibility index (Phi) is 4.59. The molecule has 2 aromatic carbocycles. The van der Waals surface area contributed by atoms with Crippen molar-refractivity contribution in [1.29, 1.82) is 5.26 Å². The second kappa shape index (κ2) is 6.40. The molecule has 0 heterocycles. The molecule has 0 aliphatic heterocycles. The highest BCUT2D eigenvalue weighted by atomic mass is 79.9. The summed E-state index contributed by atoms with van der Waals surface area (Å²) in [6.45, 7) is 3.06. The Hall–Kier alpha value is -1.79. The standard InChI is InChI=1S/C16H15BrN2/c1-12(13-5-3-2-4-6-13)11-19-15-8-7-14(10-18)16(17)9-15/h2-9,12,19H,11H2,1H3. The molecule has 0 amide bonds. The molecule has 0 bridgehead atoms. The molecule has 1 N–H and O–H groups in total. The van der Waals surface area contributed by atoms with Crippen LogP contribution in [-0.2, 0) is 0 Å². The lowest BCUT2D eigenvalue weighted by Gasteiger charge is -2.14. The number of anilines is 1. The van der Waals surface area contributed by atoms with Crippen LogP contribution in [0.25, 0.3) is 0 Å². The number of hydrogen-bond acceptors (Lipinski definition) is 2. The van der Waals surface area contributed by atoms with Crippen molar-refractivity contribution < 1.29 is 0 Å². The first-order valence-corrected chi connectivity index (χ1v) is 6.98. The van der Waals surface area contributed by atoms with E-state index in [2.05, 4.69) is 58.5 Å². The van der Waals surface area contributed by atoms with Gasteiger partial charge < -0.3 is 5.32 Å². The number of nitrogens with zero attached hydrogens (tertiary/aromatic N) is 1. The Labute approximate surface area is 122 Å². The van der Waals surface area contributed by atoms with Gasteiger partial charge in [0.15, 0.2) is 0 Å². The van der Waals surface area contributed by atoms with E-state index < -0.39 is 0 Å². The summed E-state index contributed by atoms with van der Waals surface area (Å²) in [5.41, 5.74) is 3.00. The number of nitriles is 1. The molecule has 0 spiro atoms. The molecule has 0 aliphatic rings. The molecule has 0 radical (unpaired) electrons. The van der Waals surface area contributed by atoms with Gasteiger partial charge in [0.05, 0.1) is 5.56 Å². The predicted octanol–water partition coefficient (Wildman–Crippen LogP) is 4.54. The molecule has 0 saturated heterocycles. The third kappa shape index (κ3) is 3.59. The minimum atomic E-state index is 0.440. The van der Waals surface area contributed by atoms with E-state index in [-0.39, 0.29) is 0 Å².